The van der Waals surface area contributed by atoms with Gasteiger partial charge in [-0.05, 0) is 62.2 Å². The van der Waals surface area contributed by atoms with Crippen LogP contribution in [0.1, 0.15) is 47.2 Å². The minimum absolute atomic E-state index is 0.0768. The van der Waals surface area contributed by atoms with Crippen molar-refractivity contribution in [1.82, 2.24) is 0 Å². The second-order valence-corrected chi connectivity index (χ2v) is 12.4. The van der Waals surface area contributed by atoms with Gasteiger partial charge in [0.15, 0.2) is 0 Å². The molecular weight excluding hydrogens is 730 g/mol. The van der Waals surface area contributed by atoms with Crippen molar-refractivity contribution in [1.29, 1.82) is 0 Å². The van der Waals surface area contributed by atoms with Crippen molar-refractivity contribution in [3.05, 3.63) is 203 Å². The molecule has 53 heavy (non-hydrogen) atoms. The molecule has 0 fully saturated rings. The average Bonchev–Trinajstić information content (AvgIpc) is 3.22. The van der Waals surface area contributed by atoms with Gasteiger partial charge in [0.1, 0.15) is 23.1 Å². The zero-order chi connectivity index (χ0) is 37.8. The maximum atomic E-state index is 14.1. The molecule has 0 bridgehead atoms. The molecule has 0 spiro atoms. The van der Waals surface area contributed by atoms with Gasteiger partial charge in [0.25, 0.3) is 0 Å². The summed E-state index contributed by atoms with van der Waals surface area (Å²) in [5, 5.41) is 0.510. The largest absolute Gasteiger partial charge is 0.497 e. The molecule has 0 aliphatic rings. The van der Waals surface area contributed by atoms with Gasteiger partial charge in [-0.1, -0.05) is 137 Å². The molecule has 0 saturated carbocycles. The lowest BCUT2D eigenvalue weighted by atomic mass is 10.0. The molecule has 0 radical (unpaired) electrons. The second-order valence-electron chi connectivity index (χ2n) is 11.9. The molecule has 0 aliphatic heterocycles. The first-order chi connectivity index (χ1) is 25.9. The molecule has 0 N–H and O–H groups in total. The summed E-state index contributed by atoms with van der Waals surface area (Å²) >= 11 is 3.18. The van der Waals surface area contributed by atoms with E-state index in [1.807, 2.05) is 104 Å². The van der Waals surface area contributed by atoms with Gasteiger partial charge in [-0.25, -0.2) is 8.78 Å². The molecule has 6 aromatic rings. The summed E-state index contributed by atoms with van der Waals surface area (Å²) in [5.41, 5.74) is 7.68. The summed E-state index contributed by atoms with van der Waals surface area (Å²) in [7, 11) is 3.15. The summed E-state index contributed by atoms with van der Waals surface area (Å²) < 4.78 is 37.1. The number of nitrogens with zero attached hydrogens (tertiary/aromatic N) is 2. The first-order valence-corrected chi connectivity index (χ1v) is 18.5. The molecule has 1 atom stereocenters. The molecule has 0 heterocycles. The Balaban J connectivity index is 0.000000197. The lowest BCUT2D eigenvalue weighted by molar-refractivity contribution is 0.412. The lowest BCUT2D eigenvalue weighted by Crippen LogP contribution is -2.12. The van der Waals surface area contributed by atoms with Crippen LogP contribution >= 0.6 is 15.9 Å². The van der Waals surface area contributed by atoms with E-state index in [9.17, 15) is 8.78 Å². The molecule has 0 saturated heterocycles. The third-order valence-corrected chi connectivity index (χ3v) is 8.62. The minimum atomic E-state index is -0.228. The molecule has 0 amide bonds. The lowest BCUT2D eigenvalue weighted by Gasteiger charge is -2.13. The number of aliphatic imine (C=N–C) groups is 2. The van der Waals surface area contributed by atoms with Gasteiger partial charge < -0.3 is 9.47 Å². The van der Waals surface area contributed by atoms with E-state index in [0.717, 1.165) is 29.1 Å². The van der Waals surface area contributed by atoms with E-state index in [-0.39, 0.29) is 17.7 Å². The van der Waals surface area contributed by atoms with Crippen molar-refractivity contribution in [3.63, 3.8) is 0 Å². The van der Waals surface area contributed by atoms with Gasteiger partial charge >= 0.3 is 0 Å². The summed E-state index contributed by atoms with van der Waals surface area (Å²) in [6.07, 6.45) is 0.506. The Kier molecular flexibility index (Phi) is 16.6. The summed E-state index contributed by atoms with van der Waals surface area (Å²) in [5.74, 6) is 0.904. The Labute approximate surface area is 321 Å². The average molecular weight is 776 g/mol. The highest BCUT2D eigenvalue weighted by atomic mass is 79.9. The fraction of sp³-hybridized carbons (Fsp3) is 0.174. The second kappa shape index (κ2) is 21.8. The predicted octanol–water partition coefficient (Wildman–Crippen LogP) is 11.6. The van der Waals surface area contributed by atoms with Crippen LogP contribution in [0.4, 0.5) is 8.78 Å². The van der Waals surface area contributed by atoms with Crippen LogP contribution in [0.2, 0.25) is 0 Å². The Morgan fingerprint density at radius 1 is 0.566 bits per heavy atom. The van der Waals surface area contributed by atoms with Gasteiger partial charge in [-0.3, -0.25) is 9.98 Å². The van der Waals surface area contributed by atoms with E-state index in [1.165, 1.54) is 23.3 Å². The number of hydrogen-bond acceptors (Lipinski definition) is 4. The van der Waals surface area contributed by atoms with Crippen LogP contribution in [0.5, 0.6) is 11.5 Å². The van der Waals surface area contributed by atoms with Gasteiger partial charge in [0.2, 0.25) is 0 Å². The van der Waals surface area contributed by atoms with Crippen molar-refractivity contribution in [2.75, 3.05) is 20.8 Å². The number of ether oxygens (including phenoxy) is 2. The summed E-state index contributed by atoms with van der Waals surface area (Å²) in [4.78, 5) is 9.50. The number of halogens is 3. The van der Waals surface area contributed by atoms with Crippen LogP contribution in [-0.2, 0) is 11.8 Å². The van der Waals surface area contributed by atoms with Gasteiger partial charge in [0.05, 0.1) is 31.7 Å². The number of rotatable bonds is 11. The zero-order valence-electron chi connectivity index (χ0n) is 30.6. The highest BCUT2D eigenvalue weighted by Crippen LogP contribution is 2.21. The molecule has 0 aliphatic carbocycles. The summed E-state index contributed by atoms with van der Waals surface area (Å²) in [6.45, 7) is 4.87. The van der Waals surface area contributed by atoms with E-state index >= 15 is 0 Å². The Bertz CT molecular complexity index is 1940. The van der Waals surface area contributed by atoms with Crippen LogP contribution in [0.25, 0.3) is 0 Å². The van der Waals surface area contributed by atoms with Crippen LogP contribution in [0.15, 0.2) is 168 Å². The van der Waals surface area contributed by atoms with Crippen molar-refractivity contribution >= 4 is 27.4 Å². The molecule has 6 aromatic carbocycles. The van der Waals surface area contributed by atoms with E-state index in [1.54, 1.807) is 38.5 Å². The fourth-order valence-electron chi connectivity index (χ4n) is 5.41. The van der Waals surface area contributed by atoms with Crippen LogP contribution in [0, 0.1) is 11.6 Å². The maximum absolute atomic E-state index is 14.1. The highest BCUT2D eigenvalue weighted by molar-refractivity contribution is 9.08. The van der Waals surface area contributed by atoms with Crippen molar-refractivity contribution in [2.24, 2.45) is 9.98 Å². The first kappa shape index (κ1) is 40.4. The quantitative estimate of drug-likeness (QED) is 0.0972. The normalized spacial score (nSPS) is 10.7. The van der Waals surface area contributed by atoms with E-state index in [0.29, 0.717) is 34.4 Å². The third-order valence-electron chi connectivity index (χ3n) is 8.02. The minimum Gasteiger partial charge on any atom is -0.497 e. The van der Waals surface area contributed by atoms with Crippen molar-refractivity contribution in [3.8, 4) is 11.5 Å². The molecule has 4 nitrogen and oxygen atoms in total. The van der Waals surface area contributed by atoms with E-state index in [4.69, 9.17) is 14.5 Å². The topological polar surface area (TPSA) is 43.2 Å². The molecule has 6 rings (SSSR count). The molecule has 0 aromatic heterocycles. The van der Waals surface area contributed by atoms with Crippen molar-refractivity contribution in [2.45, 2.75) is 31.6 Å². The highest BCUT2D eigenvalue weighted by Gasteiger charge is 2.12. The van der Waals surface area contributed by atoms with Gasteiger partial charge in [-0.15, -0.1) is 0 Å². The number of methoxy groups -OCH3 is 2. The monoisotopic (exact) mass is 774 g/mol. The van der Waals surface area contributed by atoms with E-state index in [2.05, 4.69) is 52.1 Å². The Hall–Kier alpha value is -5.40. The molecule has 272 valence electrons. The van der Waals surface area contributed by atoms with Crippen LogP contribution in [-0.4, -0.2) is 38.2 Å². The smallest absolute Gasteiger partial charge is 0.127 e. The Morgan fingerprint density at radius 2 is 0.943 bits per heavy atom. The zero-order valence-corrected chi connectivity index (χ0v) is 32.1. The maximum Gasteiger partial charge on any atom is 0.127 e. The number of benzene rings is 6. The predicted molar refractivity (Wildman–Crippen MR) is 219 cm³/mol. The number of alkyl halides is 1. The number of hydrogen-bond donors (Lipinski definition) is 0. The van der Waals surface area contributed by atoms with Crippen molar-refractivity contribution < 1.29 is 18.3 Å². The molecule has 1 unspecified atom stereocenters. The SMILES string of the molecule is CCN=C(c1ccccc1)c1ccccc1.COc1ccc(F)c(CBr)c1.COc1ccc(F)c(CC(C)N=C(c2ccccc2)c2ccccc2)c1. The third kappa shape index (κ3) is 12.7. The van der Waals surface area contributed by atoms with Gasteiger partial charge in [0, 0.05) is 39.7 Å². The molecule has 7 heteroatoms. The van der Waals surface area contributed by atoms with E-state index < -0.39 is 0 Å². The Morgan fingerprint density at radius 3 is 1.32 bits per heavy atom. The molecular formula is C46H45BrF2N2O2. The first-order valence-electron chi connectivity index (χ1n) is 17.4. The van der Waals surface area contributed by atoms with Crippen LogP contribution in [0.3, 0.4) is 0 Å². The standard InChI is InChI=1S/C23H22FNO.C15H15N.C8H8BrFO/c1-17(15-20-16-21(26-2)13-14-22(20)24)25-23(18-9-5-3-6-10-18)19-11-7-4-8-12-19;1-2-16-15(13-9-5-3-6-10-13)14-11-7-4-8-12-14;1-11-7-2-3-8(10)6(4-7)5-9/h3-14,16-17H,15H2,1-2H3;3-12H,2H2,1H3;2-4H,5H2,1H3. The fourth-order valence-corrected chi connectivity index (χ4v) is 5.84. The van der Waals surface area contributed by atoms with Gasteiger partial charge in [-0.2, -0.15) is 0 Å². The van der Waals surface area contributed by atoms with Crippen LogP contribution < -0.4 is 9.47 Å². The summed E-state index contributed by atoms with van der Waals surface area (Å²) in [6, 6.07) is 50.2.